The highest BCUT2D eigenvalue weighted by Gasteiger charge is 2.24. The van der Waals surface area contributed by atoms with Crippen molar-refractivity contribution in [3.8, 4) is 0 Å². The van der Waals surface area contributed by atoms with Crippen LogP contribution in [0.25, 0.3) is 0 Å². The van der Waals surface area contributed by atoms with Gasteiger partial charge in [0.05, 0.1) is 12.9 Å². The van der Waals surface area contributed by atoms with E-state index in [2.05, 4.69) is 20.8 Å². The maximum Gasteiger partial charge on any atom is 0.264 e. The average molecular weight is 234 g/mol. The van der Waals surface area contributed by atoms with Crippen LogP contribution < -0.4 is 0 Å². The van der Waals surface area contributed by atoms with Gasteiger partial charge in [-0.15, -0.1) is 0 Å². The molecule has 3 nitrogen and oxygen atoms in total. The molecule has 0 spiro atoms. The summed E-state index contributed by atoms with van der Waals surface area (Å²) in [6.07, 6.45) is 5.94. The number of hydrogen-bond acceptors (Lipinski definition) is 3. The monoisotopic (exact) mass is 234 g/mol. The largest absolute Gasteiger partial charge is 0.270 e. The summed E-state index contributed by atoms with van der Waals surface area (Å²) in [5.41, 5.74) is 0.0458. The molecule has 0 N–H and O–H groups in total. The molecule has 0 aliphatic rings. The van der Waals surface area contributed by atoms with Crippen LogP contribution in [0.2, 0.25) is 0 Å². The Hall–Kier alpha value is -0.350. The van der Waals surface area contributed by atoms with E-state index < -0.39 is 10.1 Å². The third kappa shape index (κ3) is 7.56. The molecule has 0 saturated heterocycles. The Morgan fingerprint density at radius 2 is 1.87 bits per heavy atom. The van der Waals surface area contributed by atoms with Crippen molar-refractivity contribution in [1.82, 2.24) is 0 Å². The van der Waals surface area contributed by atoms with Gasteiger partial charge >= 0.3 is 0 Å². The van der Waals surface area contributed by atoms with Crippen LogP contribution in [0.3, 0.4) is 0 Å². The van der Waals surface area contributed by atoms with Crippen molar-refractivity contribution in [3.05, 3.63) is 12.2 Å². The van der Waals surface area contributed by atoms with E-state index in [0.717, 1.165) is 12.7 Å². The number of rotatable bonds is 5. The predicted octanol–water partition coefficient (Wildman–Crippen LogP) is 2.59. The second-order valence-corrected chi connectivity index (χ2v) is 6.50. The lowest BCUT2D eigenvalue weighted by Gasteiger charge is -2.29. The molecule has 0 saturated carbocycles. The van der Waals surface area contributed by atoms with Crippen LogP contribution in [-0.4, -0.2) is 21.3 Å². The van der Waals surface area contributed by atoms with Crippen LogP contribution in [0.4, 0.5) is 0 Å². The van der Waals surface area contributed by atoms with Crippen LogP contribution >= 0.6 is 0 Å². The van der Waals surface area contributed by atoms with E-state index in [-0.39, 0.29) is 17.9 Å². The van der Waals surface area contributed by atoms with Crippen LogP contribution in [0.1, 0.15) is 34.1 Å². The van der Waals surface area contributed by atoms with Gasteiger partial charge in [-0.2, -0.15) is 8.42 Å². The zero-order chi connectivity index (χ0) is 12.1. The van der Waals surface area contributed by atoms with Gasteiger partial charge in [0.1, 0.15) is 0 Å². The smallest absolute Gasteiger partial charge is 0.264 e. The summed E-state index contributed by atoms with van der Waals surface area (Å²) >= 11 is 0. The Kier molecular flexibility index (Phi) is 5.53. The van der Waals surface area contributed by atoms with Crippen molar-refractivity contribution in [2.24, 2.45) is 11.3 Å². The Morgan fingerprint density at radius 1 is 1.33 bits per heavy atom. The molecule has 1 atom stereocenters. The molecule has 0 aromatic heterocycles. The molecule has 0 amide bonds. The molecule has 0 aromatic carbocycles. The molecule has 0 aromatic rings. The van der Waals surface area contributed by atoms with Crippen LogP contribution in [-0.2, 0) is 14.3 Å². The van der Waals surface area contributed by atoms with Gasteiger partial charge in [0.15, 0.2) is 0 Å². The Morgan fingerprint density at radius 3 is 2.20 bits per heavy atom. The fourth-order valence-corrected chi connectivity index (χ4v) is 1.59. The van der Waals surface area contributed by atoms with Crippen LogP contribution in [0.5, 0.6) is 0 Å². The van der Waals surface area contributed by atoms with Gasteiger partial charge in [0.2, 0.25) is 0 Å². The molecule has 4 heteroatoms. The average Bonchev–Trinajstić information content (AvgIpc) is 1.99. The maximum absolute atomic E-state index is 10.9. The summed E-state index contributed by atoms with van der Waals surface area (Å²) in [5.74, 6) is 0.212. The lowest BCUT2D eigenvalue weighted by molar-refractivity contribution is 0.153. The first-order valence-electron chi connectivity index (χ1n) is 5.12. The van der Waals surface area contributed by atoms with Gasteiger partial charge in [-0.25, -0.2) is 0 Å². The summed E-state index contributed by atoms with van der Waals surface area (Å²) in [4.78, 5) is 0. The zero-order valence-corrected chi connectivity index (χ0v) is 11.1. The van der Waals surface area contributed by atoms with E-state index in [1.54, 1.807) is 0 Å². The fraction of sp³-hybridized carbons (Fsp3) is 0.818. The van der Waals surface area contributed by atoms with Gasteiger partial charge in [0, 0.05) is 0 Å². The topological polar surface area (TPSA) is 43.4 Å². The summed E-state index contributed by atoms with van der Waals surface area (Å²) in [7, 11) is -3.33. The maximum atomic E-state index is 10.9. The van der Waals surface area contributed by atoms with E-state index in [1.165, 1.54) is 0 Å². The highest BCUT2D eigenvalue weighted by atomic mass is 32.2. The van der Waals surface area contributed by atoms with E-state index in [9.17, 15) is 8.42 Å². The molecule has 0 heterocycles. The molecular weight excluding hydrogens is 212 g/mol. The van der Waals surface area contributed by atoms with Crippen molar-refractivity contribution in [1.29, 1.82) is 0 Å². The van der Waals surface area contributed by atoms with Crippen molar-refractivity contribution >= 4 is 10.1 Å². The second kappa shape index (κ2) is 5.66. The summed E-state index contributed by atoms with van der Waals surface area (Å²) < 4.78 is 26.6. The highest BCUT2D eigenvalue weighted by molar-refractivity contribution is 7.85. The molecule has 90 valence electrons. The van der Waals surface area contributed by atoms with E-state index in [1.807, 2.05) is 19.1 Å². The molecule has 0 fully saturated rings. The van der Waals surface area contributed by atoms with E-state index in [0.29, 0.717) is 0 Å². The number of allylic oxidation sites excluding steroid dienone is 2. The molecule has 0 bridgehead atoms. The van der Waals surface area contributed by atoms with Crippen molar-refractivity contribution in [3.63, 3.8) is 0 Å². The summed E-state index contributed by atoms with van der Waals surface area (Å²) in [5, 5.41) is 0. The minimum Gasteiger partial charge on any atom is -0.270 e. The second-order valence-electron chi connectivity index (χ2n) is 4.86. The normalized spacial score (nSPS) is 15.8. The van der Waals surface area contributed by atoms with Crippen LogP contribution in [0, 0.1) is 11.3 Å². The van der Waals surface area contributed by atoms with Gasteiger partial charge in [-0.05, 0) is 24.7 Å². The molecule has 15 heavy (non-hydrogen) atoms. The Bertz CT molecular complexity index is 296. The molecule has 0 radical (unpaired) electrons. The van der Waals surface area contributed by atoms with Crippen molar-refractivity contribution < 1.29 is 12.6 Å². The molecular formula is C11H22O3S. The minimum absolute atomic E-state index is 0.0458. The Balaban J connectivity index is 4.39. The summed E-state index contributed by atoms with van der Waals surface area (Å²) in [6, 6.07) is 0. The molecule has 0 aliphatic heterocycles. The Labute approximate surface area is 93.6 Å². The van der Waals surface area contributed by atoms with Gasteiger partial charge in [0.25, 0.3) is 10.1 Å². The van der Waals surface area contributed by atoms with Gasteiger partial charge < -0.3 is 0 Å². The molecule has 0 rings (SSSR count). The first kappa shape index (κ1) is 14.6. The predicted molar refractivity (Wildman–Crippen MR) is 63.2 cm³/mol. The molecule has 0 aliphatic carbocycles. The van der Waals surface area contributed by atoms with E-state index >= 15 is 0 Å². The van der Waals surface area contributed by atoms with Crippen molar-refractivity contribution in [2.75, 3.05) is 12.9 Å². The number of hydrogen-bond donors (Lipinski definition) is 0. The third-order valence-corrected chi connectivity index (χ3v) is 2.93. The fourth-order valence-electron chi connectivity index (χ4n) is 1.18. The lowest BCUT2D eigenvalue weighted by atomic mass is 9.79. The summed E-state index contributed by atoms with van der Waals surface area (Å²) in [6.45, 7) is 8.48. The van der Waals surface area contributed by atoms with Gasteiger partial charge in [-0.3, -0.25) is 4.18 Å². The van der Waals surface area contributed by atoms with E-state index in [4.69, 9.17) is 4.18 Å². The zero-order valence-electron chi connectivity index (χ0n) is 10.3. The minimum atomic E-state index is -3.33. The van der Waals surface area contributed by atoms with Crippen LogP contribution in [0.15, 0.2) is 12.2 Å². The van der Waals surface area contributed by atoms with Crippen molar-refractivity contribution in [2.45, 2.75) is 34.1 Å². The molecule has 1 unspecified atom stereocenters. The first-order chi connectivity index (χ1) is 6.67. The quantitative estimate of drug-likeness (QED) is 0.542. The lowest BCUT2D eigenvalue weighted by Crippen LogP contribution is -2.26. The standard InChI is InChI=1S/C11H22O3S/c1-6-7-8-10(11(2,3)4)9-14-15(5,12)13/h6-7,10H,8-9H2,1-5H3/b7-6+. The van der Waals surface area contributed by atoms with Gasteiger partial charge in [-0.1, -0.05) is 32.9 Å². The third-order valence-electron chi connectivity index (χ3n) is 2.36. The highest BCUT2D eigenvalue weighted by Crippen LogP contribution is 2.29. The first-order valence-corrected chi connectivity index (χ1v) is 6.94. The SMILES string of the molecule is C/C=C/CC(COS(C)(=O)=O)C(C)(C)C.